The lowest BCUT2D eigenvalue weighted by Gasteiger charge is -2.09. The third-order valence-corrected chi connectivity index (χ3v) is 4.51. The zero-order chi connectivity index (χ0) is 20.2. The van der Waals surface area contributed by atoms with E-state index in [9.17, 15) is 9.59 Å². The van der Waals surface area contributed by atoms with Crippen LogP contribution in [-0.4, -0.2) is 22.2 Å². The first kappa shape index (κ1) is 26.7. The molecule has 0 rings (SSSR count). The summed E-state index contributed by atoms with van der Waals surface area (Å²) in [6.45, 7) is 6.35. The van der Waals surface area contributed by atoms with E-state index in [1.54, 1.807) is 0 Å². The first-order valence-electron chi connectivity index (χ1n) is 10.3. The van der Waals surface area contributed by atoms with E-state index in [2.05, 4.69) is 19.8 Å². The van der Waals surface area contributed by atoms with Gasteiger partial charge in [0, 0.05) is 6.42 Å². The summed E-state index contributed by atoms with van der Waals surface area (Å²) in [7, 11) is 0. The minimum absolute atomic E-state index is 0.0955. The Morgan fingerprint density at radius 1 is 0.731 bits per heavy atom. The van der Waals surface area contributed by atoms with Crippen LogP contribution in [0.5, 0.6) is 0 Å². The summed E-state index contributed by atoms with van der Waals surface area (Å²) in [6, 6.07) is 0. The molecule has 0 heterocycles. The van der Waals surface area contributed by atoms with Gasteiger partial charge in [0.05, 0.1) is 11.8 Å². The van der Waals surface area contributed by atoms with Crippen molar-refractivity contribution >= 4 is 11.9 Å². The van der Waals surface area contributed by atoms with E-state index < -0.39 is 11.9 Å². The van der Waals surface area contributed by atoms with Gasteiger partial charge < -0.3 is 10.2 Å². The van der Waals surface area contributed by atoms with Crippen LogP contribution in [0.3, 0.4) is 0 Å². The lowest BCUT2D eigenvalue weighted by atomic mass is 9.96. The highest BCUT2D eigenvalue weighted by atomic mass is 16.4. The number of carboxylic acids is 2. The Morgan fingerprint density at radius 3 is 1.54 bits per heavy atom. The standard InChI is InChI=1S/C11H22O2.C11H18O2/c2*1-3-5-6-7-9-10(8-4-2)11(12)13/h10H,3-9H2,1-2H3,(H,12,13);2,10H,3,5-9H2,1H3,(H,12,13)/t2*10-/m11/s1. The molecule has 0 aromatic heterocycles. The second-order valence-electron chi connectivity index (χ2n) is 6.97. The van der Waals surface area contributed by atoms with Crippen molar-refractivity contribution in [1.82, 2.24) is 0 Å². The molecule has 2 N–H and O–H groups in total. The molecular weight excluding hydrogens is 328 g/mol. The third kappa shape index (κ3) is 17.3. The van der Waals surface area contributed by atoms with Crippen molar-refractivity contribution in [1.29, 1.82) is 0 Å². The molecule has 0 amide bonds. The van der Waals surface area contributed by atoms with Crippen LogP contribution in [0.1, 0.15) is 104 Å². The maximum atomic E-state index is 10.8. The zero-order valence-electron chi connectivity index (χ0n) is 17.1. The predicted molar refractivity (Wildman–Crippen MR) is 108 cm³/mol. The number of hydrogen-bond acceptors (Lipinski definition) is 2. The molecule has 0 aliphatic carbocycles. The number of aliphatic carboxylic acids is 2. The van der Waals surface area contributed by atoms with Crippen LogP contribution in [0.4, 0.5) is 0 Å². The van der Waals surface area contributed by atoms with E-state index in [1.165, 1.54) is 32.1 Å². The number of carboxylic acid groups (broad SMARTS) is 2. The number of unbranched alkanes of at least 4 members (excludes halogenated alkanes) is 6. The Morgan fingerprint density at radius 2 is 1.19 bits per heavy atom. The number of rotatable bonds is 15. The summed E-state index contributed by atoms with van der Waals surface area (Å²) < 4.78 is 0. The molecule has 0 spiro atoms. The van der Waals surface area contributed by atoms with E-state index in [4.69, 9.17) is 16.6 Å². The largest absolute Gasteiger partial charge is 0.481 e. The molecule has 152 valence electrons. The van der Waals surface area contributed by atoms with Crippen molar-refractivity contribution in [3.63, 3.8) is 0 Å². The Hall–Kier alpha value is -1.50. The molecular formula is C22H40O4. The molecule has 0 aromatic rings. The fourth-order valence-corrected chi connectivity index (χ4v) is 2.83. The molecule has 26 heavy (non-hydrogen) atoms. The molecule has 0 radical (unpaired) electrons. The lowest BCUT2D eigenvalue weighted by Crippen LogP contribution is -2.13. The van der Waals surface area contributed by atoms with Gasteiger partial charge in [-0.25, -0.2) is 0 Å². The Bertz CT molecular complexity index is 384. The fourth-order valence-electron chi connectivity index (χ4n) is 2.83. The Kier molecular flexibility index (Phi) is 20.4. The van der Waals surface area contributed by atoms with E-state index in [0.717, 1.165) is 44.9 Å². The molecule has 0 saturated heterocycles. The summed E-state index contributed by atoms with van der Waals surface area (Å²) in [6.07, 6.45) is 18.0. The second-order valence-corrected chi connectivity index (χ2v) is 6.97. The minimum Gasteiger partial charge on any atom is -0.481 e. The highest BCUT2D eigenvalue weighted by molar-refractivity contribution is 5.70. The van der Waals surface area contributed by atoms with E-state index >= 15 is 0 Å². The van der Waals surface area contributed by atoms with Gasteiger partial charge in [-0.1, -0.05) is 78.6 Å². The molecule has 2 atom stereocenters. The first-order chi connectivity index (χ1) is 12.4. The number of carbonyl (C=O) groups is 2. The highest BCUT2D eigenvalue weighted by Crippen LogP contribution is 2.16. The van der Waals surface area contributed by atoms with Gasteiger partial charge in [0.2, 0.25) is 0 Å². The Balaban J connectivity index is 0. The van der Waals surface area contributed by atoms with Crippen molar-refractivity contribution in [3.8, 4) is 12.3 Å². The molecule has 4 nitrogen and oxygen atoms in total. The van der Waals surface area contributed by atoms with Gasteiger partial charge in [-0.05, 0) is 19.3 Å². The number of terminal acetylenes is 1. The second kappa shape index (κ2) is 19.8. The lowest BCUT2D eigenvalue weighted by molar-refractivity contribution is -0.143. The van der Waals surface area contributed by atoms with Gasteiger partial charge in [-0.2, -0.15) is 0 Å². The van der Waals surface area contributed by atoms with E-state index in [-0.39, 0.29) is 11.8 Å². The van der Waals surface area contributed by atoms with Crippen molar-refractivity contribution in [2.45, 2.75) is 104 Å². The zero-order valence-corrected chi connectivity index (χ0v) is 17.1. The van der Waals surface area contributed by atoms with Crippen LogP contribution in [0.15, 0.2) is 0 Å². The molecule has 0 saturated carbocycles. The van der Waals surface area contributed by atoms with Gasteiger partial charge in [0.1, 0.15) is 0 Å². The smallest absolute Gasteiger partial charge is 0.307 e. The average Bonchev–Trinajstić information content (AvgIpc) is 2.60. The van der Waals surface area contributed by atoms with Gasteiger partial charge in [0.25, 0.3) is 0 Å². The molecule has 0 aliphatic heterocycles. The summed E-state index contributed by atoms with van der Waals surface area (Å²) in [5.41, 5.74) is 0. The van der Waals surface area contributed by atoms with Crippen LogP contribution in [0, 0.1) is 24.2 Å². The Labute approximate surface area is 160 Å². The van der Waals surface area contributed by atoms with Crippen LogP contribution >= 0.6 is 0 Å². The normalized spacial score (nSPS) is 12.4. The summed E-state index contributed by atoms with van der Waals surface area (Å²) >= 11 is 0. The quantitative estimate of drug-likeness (QED) is 0.269. The molecule has 0 fully saturated rings. The predicted octanol–water partition coefficient (Wildman–Crippen LogP) is 6.14. The molecule has 0 bridgehead atoms. The van der Waals surface area contributed by atoms with Gasteiger partial charge in [-0.3, -0.25) is 9.59 Å². The topological polar surface area (TPSA) is 74.6 Å². The minimum atomic E-state index is -0.755. The highest BCUT2D eigenvalue weighted by Gasteiger charge is 2.15. The van der Waals surface area contributed by atoms with Crippen molar-refractivity contribution in [3.05, 3.63) is 0 Å². The van der Waals surface area contributed by atoms with Crippen molar-refractivity contribution in [2.24, 2.45) is 11.8 Å². The first-order valence-corrected chi connectivity index (χ1v) is 10.3. The van der Waals surface area contributed by atoms with Gasteiger partial charge in [-0.15, -0.1) is 12.3 Å². The summed E-state index contributed by atoms with van der Waals surface area (Å²) in [5.74, 6) is 0.614. The monoisotopic (exact) mass is 368 g/mol. The maximum absolute atomic E-state index is 10.8. The van der Waals surface area contributed by atoms with E-state index in [0.29, 0.717) is 6.42 Å². The van der Waals surface area contributed by atoms with Crippen molar-refractivity contribution in [2.75, 3.05) is 0 Å². The molecule has 0 unspecified atom stereocenters. The fraction of sp³-hybridized carbons (Fsp3) is 0.818. The maximum Gasteiger partial charge on any atom is 0.307 e. The van der Waals surface area contributed by atoms with Crippen LogP contribution < -0.4 is 0 Å². The van der Waals surface area contributed by atoms with Gasteiger partial charge >= 0.3 is 11.9 Å². The summed E-state index contributed by atoms with van der Waals surface area (Å²) in [4.78, 5) is 21.4. The summed E-state index contributed by atoms with van der Waals surface area (Å²) in [5, 5.41) is 17.6. The average molecular weight is 369 g/mol. The molecule has 4 heteroatoms. The van der Waals surface area contributed by atoms with Crippen LogP contribution in [0.25, 0.3) is 0 Å². The van der Waals surface area contributed by atoms with E-state index in [1.807, 2.05) is 6.92 Å². The molecule has 0 aliphatic rings. The van der Waals surface area contributed by atoms with Crippen molar-refractivity contribution < 1.29 is 19.8 Å². The third-order valence-electron chi connectivity index (χ3n) is 4.51. The van der Waals surface area contributed by atoms with Crippen LogP contribution in [-0.2, 0) is 9.59 Å². The molecule has 0 aromatic carbocycles. The van der Waals surface area contributed by atoms with Gasteiger partial charge in [0.15, 0.2) is 0 Å². The SMILES string of the molecule is C#CC[C@H](CCCCCC)C(=O)O.CCCCCC[C@@H](CCC)C(=O)O. The number of hydrogen-bond donors (Lipinski definition) is 2. The van der Waals surface area contributed by atoms with Crippen LogP contribution in [0.2, 0.25) is 0 Å².